The van der Waals surface area contributed by atoms with Gasteiger partial charge in [-0.3, -0.25) is 14.4 Å². The predicted molar refractivity (Wildman–Crippen MR) is 122 cm³/mol. The smallest absolute Gasteiger partial charge is 0.254 e. The van der Waals surface area contributed by atoms with Gasteiger partial charge in [-0.2, -0.15) is 0 Å². The number of nitrogens with zero attached hydrogens (tertiary/aromatic N) is 2. The van der Waals surface area contributed by atoms with Gasteiger partial charge in [0.15, 0.2) is 0 Å². The zero-order valence-corrected chi connectivity index (χ0v) is 18.4. The van der Waals surface area contributed by atoms with Crippen molar-refractivity contribution >= 4 is 34.4 Å². The van der Waals surface area contributed by atoms with Gasteiger partial charge in [0.25, 0.3) is 5.91 Å². The second-order valence-electron chi connectivity index (χ2n) is 8.41. The summed E-state index contributed by atoms with van der Waals surface area (Å²) < 4.78 is 2.00. The topological polar surface area (TPSA) is 105 Å². The van der Waals surface area contributed by atoms with Crippen LogP contribution in [-0.4, -0.2) is 33.3 Å². The first-order valence-electron chi connectivity index (χ1n) is 10.8. The van der Waals surface area contributed by atoms with Crippen LogP contribution in [0.4, 0.5) is 5.69 Å². The van der Waals surface area contributed by atoms with E-state index in [1.807, 2.05) is 49.7 Å². The zero-order chi connectivity index (χ0) is 22.8. The fourth-order valence-corrected chi connectivity index (χ4v) is 4.01. The number of para-hydroxylation sites is 3. The molecule has 0 saturated carbocycles. The van der Waals surface area contributed by atoms with Crippen LogP contribution >= 0.6 is 0 Å². The van der Waals surface area contributed by atoms with E-state index in [0.717, 1.165) is 16.9 Å². The van der Waals surface area contributed by atoms with Crippen LogP contribution < -0.4 is 16.0 Å². The maximum absolute atomic E-state index is 12.8. The summed E-state index contributed by atoms with van der Waals surface area (Å²) in [5.74, 6) is 0.0471. The van der Waals surface area contributed by atoms with E-state index < -0.39 is 6.04 Å². The van der Waals surface area contributed by atoms with Gasteiger partial charge in [0.05, 0.1) is 28.3 Å². The van der Waals surface area contributed by atoms with Crippen LogP contribution in [0.1, 0.15) is 48.9 Å². The molecule has 0 radical (unpaired) electrons. The normalized spacial score (nSPS) is 16.8. The second kappa shape index (κ2) is 8.82. The highest BCUT2D eigenvalue weighted by Gasteiger charge is 2.29. The average Bonchev–Trinajstić information content (AvgIpc) is 3.04. The molecule has 8 heteroatoms. The number of hydrogen-bond donors (Lipinski definition) is 3. The summed E-state index contributed by atoms with van der Waals surface area (Å²) in [5, 5.41) is 8.56. The van der Waals surface area contributed by atoms with E-state index in [1.165, 1.54) is 0 Å². The molecular weight excluding hydrogens is 406 g/mol. The number of hydrogen-bond acceptors (Lipinski definition) is 4. The molecule has 0 spiro atoms. The van der Waals surface area contributed by atoms with Crippen LogP contribution in [0.2, 0.25) is 0 Å². The molecular formula is C24H27N5O3. The largest absolute Gasteiger partial charge is 0.346 e. The number of carbonyl (C=O) groups is 3. The Kier molecular flexibility index (Phi) is 5.94. The van der Waals surface area contributed by atoms with Crippen molar-refractivity contribution in [2.45, 2.75) is 38.8 Å². The predicted octanol–water partition coefficient (Wildman–Crippen LogP) is 2.92. The molecule has 4 rings (SSSR count). The molecule has 2 atom stereocenters. The Labute approximate surface area is 186 Å². The molecule has 3 N–H and O–H groups in total. The molecule has 1 aliphatic rings. The van der Waals surface area contributed by atoms with Crippen molar-refractivity contribution in [2.24, 2.45) is 13.0 Å². The molecule has 32 heavy (non-hydrogen) atoms. The van der Waals surface area contributed by atoms with Crippen molar-refractivity contribution in [1.82, 2.24) is 20.2 Å². The van der Waals surface area contributed by atoms with Crippen molar-refractivity contribution in [1.29, 1.82) is 0 Å². The van der Waals surface area contributed by atoms with Crippen LogP contribution in [0.5, 0.6) is 0 Å². The van der Waals surface area contributed by atoms with Gasteiger partial charge in [0.1, 0.15) is 11.9 Å². The Morgan fingerprint density at radius 3 is 2.59 bits per heavy atom. The molecule has 0 fully saturated rings. The summed E-state index contributed by atoms with van der Waals surface area (Å²) in [6, 6.07) is 13.6. The Bertz CT molecular complexity index is 1180. The molecule has 0 bridgehead atoms. The molecule has 0 aliphatic carbocycles. The average molecular weight is 434 g/mol. The standard InChI is InChI=1S/C24H27N5O3/c1-14(2)21(22-25-17-10-6-7-11-19(17)29(22)3)28-20(30)13-12-18-24(32)26-16-9-5-4-8-15(16)23(31)27-18/h4-11,14,18,21H,12-13H2,1-3H3,(H,26,32)(H,27,31)(H,28,30). The fraction of sp³-hybridized carbons (Fsp3) is 0.333. The lowest BCUT2D eigenvalue weighted by Crippen LogP contribution is -2.42. The number of amides is 3. The lowest BCUT2D eigenvalue weighted by atomic mass is 10.0. The molecule has 1 aliphatic heterocycles. The summed E-state index contributed by atoms with van der Waals surface area (Å²) in [5.41, 5.74) is 2.76. The molecule has 3 aromatic rings. The summed E-state index contributed by atoms with van der Waals surface area (Å²) in [4.78, 5) is 42.5. The molecule has 2 unspecified atom stereocenters. The first-order chi connectivity index (χ1) is 15.3. The molecule has 1 aromatic heterocycles. The quantitative estimate of drug-likeness (QED) is 0.556. The van der Waals surface area contributed by atoms with Crippen LogP contribution in [0, 0.1) is 5.92 Å². The number of nitrogens with one attached hydrogen (secondary N) is 3. The minimum absolute atomic E-state index is 0.0991. The highest BCUT2D eigenvalue weighted by atomic mass is 16.2. The van der Waals surface area contributed by atoms with Crippen molar-refractivity contribution < 1.29 is 14.4 Å². The van der Waals surface area contributed by atoms with Crippen molar-refractivity contribution in [3.8, 4) is 0 Å². The Morgan fingerprint density at radius 2 is 1.84 bits per heavy atom. The number of aryl methyl sites for hydroxylation is 1. The van der Waals surface area contributed by atoms with E-state index in [2.05, 4.69) is 16.0 Å². The first-order valence-corrected chi connectivity index (χ1v) is 10.8. The third-order valence-electron chi connectivity index (χ3n) is 5.79. The third kappa shape index (κ3) is 4.21. The molecule has 166 valence electrons. The van der Waals surface area contributed by atoms with Crippen LogP contribution in [-0.2, 0) is 16.6 Å². The Balaban J connectivity index is 1.44. The fourth-order valence-electron chi connectivity index (χ4n) is 4.01. The summed E-state index contributed by atoms with van der Waals surface area (Å²) in [7, 11) is 1.94. The highest BCUT2D eigenvalue weighted by Crippen LogP contribution is 2.25. The maximum atomic E-state index is 12.8. The zero-order valence-electron chi connectivity index (χ0n) is 18.4. The van der Waals surface area contributed by atoms with Gasteiger partial charge in [-0.05, 0) is 36.6 Å². The first kappa shape index (κ1) is 21.5. The van der Waals surface area contributed by atoms with Crippen LogP contribution in [0.3, 0.4) is 0 Å². The van der Waals surface area contributed by atoms with Gasteiger partial charge in [-0.15, -0.1) is 0 Å². The molecule has 0 saturated heterocycles. The van der Waals surface area contributed by atoms with Gasteiger partial charge in [0.2, 0.25) is 11.8 Å². The number of fused-ring (bicyclic) bond motifs is 2. The van der Waals surface area contributed by atoms with E-state index in [4.69, 9.17) is 4.98 Å². The van der Waals surface area contributed by atoms with E-state index in [-0.39, 0.29) is 42.5 Å². The highest BCUT2D eigenvalue weighted by molar-refractivity contribution is 6.09. The summed E-state index contributed by atoms with van der Waals surface area (Å²) >= 11 is 0. The summed E-state index contributed by atoms with van der Waals surface area (Å²) in [6.07, 6.45) is 0.298. The van der Waals surface area contributed by atoms with Gasteiger partial charge in [-0.1, -0.05) is 38.1 Å². The van der Waals surface area contributed by atoms with Crippen molar-refractivity contribution in [3.63, 3.8) is 0 Å². The van der Waals surface area contributed by atoms with Gasteiger partial charge in [-0.25, -0.2) is 4.98 Å². The van der Waals surface area contributed by atoms with E-state index >= 15 is 0 Å². The number of benzene rings is 2. The van der Waals surface area contributed by atoms with E-state index in [9.17, 15) is 14.4 Å². The lowest BCUT2D eigenvalue weighted by molar-refractivity contribution is -0.122. The number of rotatable bonds is 6. The van der Waals surface area contributed by atoms with E-state index in [1.54, 1.807) is 24.3 Å². The monoisotopic (exact) mass is 433 g/mol. The molecule has 2 aromatic carbocycles. The Morgan fingerprint density at radius 1 is 1.12 bits per heavy atom. The molecule has 8 nitrogen and oxygen atoms in total. The number of anilines is 1. The molecule has 3 amide bonds. The molecule has 2 heterocycles. The van der Waals surface area contributed by atoms with Crippen LogP contribution in [0.15, 0.2) is 48.5 Å². The van der Waals surface area contributed by atoms with Gasteiger partial charge in [0, 0.05) is 13.5 Å². The SMILES string of the molecule is CC(C)C(NC(=O)CCC1NC(=O)c2ccccc2NC1=O)c1nc2ccccc2n1C. The summed E-state index contributed by atoms with van der Waals surface area (Å²) in [6.45, 7) is 4.06. The number of aromatic nitrogens is 2. The van der Waals surface area contributed by atoms with Gasteiger partial charge < -0.3 is 20.5 Å². The number of carbonyl (C=O) groups excluding carboxylic acids is 3. The van der Waals surface area contributed by atoms with Gasteiger partial charge >= 0.3 is 0 Å². The maximum Gasteiger partial charge on any atom is 0.254 e. The van der Waals surface area contributed by atoms with Crippen molar-refractivity contribution in [2.75, 3.05) is 5.32 Å². The minimum atomic E-state index is -0.783. The van der Waals surface area contributed by atoms with E-state index in [0.29, 0.717) is 11.3 Å². The van der Waals surface area contributed by atoms with Crippen LogP contribution in [0.25, 0.3) is 11.0 Å². The number of imidazole rings is 1. The lowest BCUT2D eigenvalue weighted by Gasteiger charge is -2.23. The second-order valence-corrected chi connectivity index (χ2v) is 8.41. The third-order valence-corrected chi connectivity index (χ3v) is 5.79. The van der Waals surface area contributed by atoms with Crippen molar-refractivity contribution in [3.05, 3.63) is 59.9 Å². The minimum Gasteiger partial charge on any atom is -0.346 e. The Hall–Kier alpha value is -3.68.